The molecule has 8 heteroatoms. The molecule has 2 aromatic carbocycles. The number of aryl methyl sites for hydroxylation is 1. The molecule has 0 amide bonds. The molecule has 1 aliphatic rings. The van der Waals surface area contributed by atoms with Crippen molar-refractivity contribution >= 4 is 16.1 Å². The lowest BCUT2D eigenvalue weighted by atomic mass is 9.87. The number of rotatable bonds is 5. The molecule has 1 aromatic heterocycles. The second-order valence-corrected chi connectivity index (χ2v) is 11.3. The molecular formula is C26H30FN3O3S. The van der Waals surface area contributed by atoms with E-state index in [-0.39, 0.29) is 12.4 Å². The second kappa shape index (κ2) is 9.09. The van der Waals surface area contributed by atoms with Gasteiger partial charge in [0, 0.05) is 29.8 Å². The van der Waals surface area contributed by atoms with Gasteiger partial charge in [0.15, 0.2) is 0 Å². The molecule has 0 aliphatic carbocycles. The van der Waals surface area contributed by atoms with E-state index in [2.05, 4.69) is 4.98 Å². The van der Waals surface area contributed by atoms with Crippen LogP contribution >= 0.6 is 0 Å². The molecule has 0 spiro atoms. The van der Waals surface area contributed by atoms with E-state index in [1.807, 2.05) is 56.7 Å². The van der Waals surface area contributed by atoms with Gasteiger partial charge >= 0.3 is 0 Å². The Morgan fingerprint density at radius 1 is 1.21 bits per heavy atom. The van der Waals surface area contributed by atoms with Crippen LogP contribution in [-0.2, 0) is 16.6 Å². The average molecular weight is 484 g/mol. The van der Waals surface area contributed by atoms with Gasteiger partial charge < -0.3 is 9.67 Å². The smallest absolute Gasteiger partial charge is 0.240 e. The van der Waals surface area contributed by atoms with Crippen LogP contribution in [0.1, 0.15) is 55.6 Å². The van der Waals surface area contributed by atoms with E-state index in [4.69, 9.17) is 0 Å². The molecule has 34 heavy (non-hydrogen) atoms. The number of imidazole rings is 1. The van der Waals surface area contributed by atoms with Crippen LogP contribution in [0, 0.1) is 18.2 Å². The molecule has 1 saturated heterocycles. The third-order valence-electron chi connectivity index (χ3n) is 6.56. The van der Waals surface area contributed by atoms with Gasteiger partial charge in [0.25, 0.3) is 0 Å². The summed E-state index contributed by atoms with van der Waals surface area (Å²) in [6.07, 6.45) is 5.92. The molecule has 2 heterocycles. The first-order chi connectivity index (χ1) is 16.0. The number of allylic oxidation sites excluding steroid dienone is 1. The zero-order valence-corrected chi connectivity index (χ0v) is 20.7. The summed E-state index contributed by atoms with van der Waals surface area (Å²) in [5, 5.41) is 9.97. The summed E-state index contributed by atoms with van der Waals surface area (Å²) in [6, 6.07) is 11.1. The number of aliphatic hydroxyl groups is 1. The van der Waals surface area contributed by atoms with Gasteiger partial charge in [-0.25, -0.2) is 17.8 Å². The predicted octanol–water partition coefficient (Wildman–Crippen LogP) is 4.98. The molecule has 1 fully saturated rings. The molecule has 1 aliphatic heterocycles. The lowest BCUT2D eigenvalue weighted by Crippen LogP contribution is -2.44. The Hall–Kier alpha value is -2.81. The van der Waals surface area contributed by atoms with E-state index in [0.29, 0.717) is 29.0 Å². The highest BCUT2D eigenvalue weighted by Gasteiger charge is 2.44. The number of hydrogen-bond acceptors (Lipinski definition) is 4. The van der Waals surface area contributed by atoms with Crippen molar-refractivity contribution in [2.45, 2.75) is 46.8 Å². The normalized spacial score (nSPS) is 19.9. The largest absolute Gasteiger partial charge is 0.392 e. The second-order valence-electron chi connectivity index (χ2n) is 9.45. The molecule has 0 bridgehead atoms. The van der Waals surface area contributed by atoms with Crippen molar-refractivity contribution in [3.8, 4) is 5.69 Å². The third kappa shape index (κ3) is 4.58. The van der Waals surface area contributed by atoms with Crippen molar-refractivity contribution < 1.29 is 17.9 Å². The average Bonchev–Trinajstić information content (AvgIpc) is 3.22. The maximum atomic E-state index is 13.8. The van der Waals surface area contributed by atoms with Crippen LogP contribution in [0.5, 0.6) is 0 Å². The lowest BCUT2D eigenvalue weighted by Gasteiger charge is -2.41. The Labute approximate surface area is 200 Å². The fourth-order valence-corrected chi connectivity index (χ4v) is 6.67. The van der Waals surface area contributed by atoms with Gasteiger partial charge in [-0.2, -0.15) is 4.31 Å². The molecule has 1 unspecified atom stereocenters. The van der Waals surface area contributed by atoms with Crippen molar-refractivity contribution in [2.24, 2.45) is 5.41 Å². The van der Waals surface area contributed by atoms with Crippen molar-refractivity contribution in [1.29, 1.82) is 0 Å². The number of hydrogen-bond donors (Lipinski definition) is 1. The Morgan fingerprint density at radius 2 is 1.91 bits per heavy atom. The fraction of sp³-hybridized carbons (Fsp3) is 0.346. The predicted molar refractivity (Wildman–Crippen MR) is 131 cm³/mol. The lowest BCUT2D eigenvalue weighted by molar-refractivity contribution is 0.268. The zero-order chi connectivity index (χ0) is 24.7. The van der Waals surface area contributed by atoms with Crippen molar-refractivity contribution in [3.05, 3.63) is 88.1 Å². The number of nitrogens with zero attached hydrogens (tertiary/aromatic N) is 3. The Kier molecular flexibility index (Phi) is 6.50. The van der Waals surface area contributed by atoms with Crippen LogP contribution < -0.4 is 0 Å². The first-order valence-electron chi connectivity index (χ1n) is 11.3. The highest BCUT2D eigenvalue weighted by Crippen LogP contribution is 2.44. The van der Waals surface area contributed by atoms with E-state index < -0.39 is 21.5 Å². The first kappa shape index (κ1) is 24.3. The summed E-state index contributed by atoms with van der Waals surface area (Å²) in [4.78, 5) is 4.57. The summed E-state index contributed by atoms with van der Waals surface area (Å²) >= 11 is 0. The Balaban J connectivity index is 1.74. The summed E-state index contributed by atoms with van der Waals surface area (Å²) in [6.45, 7) is 7.78. The molecule has 0 radical (unpaired) electrons. The number of aliphatic hydroxyl groups excluding tert-OH is 1. The molecule has 4 rings (SSSR count). The minimum atomic E-state index is -3.78. The van der Waals surface area contributed by atoms with Crippen molar-refractivity contribution in [2.75, 3.05) is 6.54 Å². The maximum absolute atomic E-state index is 13.8. The Bertz CT molecular complexity index is 1330. The van der Waals surface area contributed by atoms with Gasteiger partial charge in [-0.3, -0.25) is 0 Å². The summed E-state index contributed by atoms with van der Waals surface area (Å²) in [7, 11) is -3.78. The molecule has 6 nitrogen and oxygen atoms in total. The van der Waals surface area contributed by atoms with Crippen molar-refractivity contribution in [3.63, 3.8) is 0 Å². The van der Waals surface area contributed by atoms with Gasteiger partial charge in [-0.05, 0) is 61.7 Å². The van der Waals surface area contributed by atoms with E-state index in [0.717, 1.165) is 16.9 Å². The van der Waals surface area contributed by atoms with Crippen LogP contribution in [0.15, 0.2) is 59.9 Å². The standard InChI is InChI=1S/C26H30FN3O3S/c1-18-15-29(17-28-18)24-10-5-20(13-22(24)16-31)14-25-26(3,4)11-12-30(34(25,32)33)19(2)21-6-8-23(27)9-7-21/h5-10,13-15,17,19,31H,11-12,16H2,1-4H3/b25-14+. The van der Waals surface area contributed by atoms with Gasteiger partial charge in [0.2, 0.25) is 10.0 Å². The zero-order valence-electron chi connectivity index (χ0n) is 19.9. The highest BCUT2D eigenvalue weighted by molar-refractivity contribution is 7.93. The third-order valence-corrected chi connectivity index (χ3v) is 8.90. The van der Waals surface area contributed by atoms with Crippen LogP contribution in [0.25, 0.3) is 11.8 Å². The molecule has 3 aromatic rings. The Morgan fingerprint density at radius 3 is 2.53 bits per heavy atom. The number of benzene rings is 2. The van der Waals surface area contributed by atoms with E-state index in [1.54, 1.807) is 24.5 Å². The monoisotopic (exact) mass is 483 g/mol. The van der Waals surface area contributed by atoms with Gasteiger partial charge in [-0.1, -0.05) is 32.0 Å². The molecule has 1 N–H and O–H groups in total. The van der Waals surface area contributed by atoms with Gasteiger partial charge in [0.05, 0.1) is 29.2 Å². The van der Waals surface area contributed by atoms with E-state index in [9.17, 15) is 17.9 Å². The van der Waals surface area contributed by atoms with Crippen molar-refractivity contribution in [1.82, 2.24) is 13.9 Å². The van der Waals surface area contributed by atoms with Gasteiger partial charge in [-0.15, -0.1) is 0 Å². The van der Waals surface area contributed by atoms with Gasteiger partial charge in [0.1, 0.15) is 5.82 Å². The summed E-state index contributed by atoms with van der Waals surface area (Å²) in [5.41, 5.74) is 3.22. The SMILES string of the molecule is Cc1cn(-c2ccc(/C=C3\C(C)(C)CCN(C(C)c4ccc(F)cc4)S3(=O)=O)cc2CO)cn1. The molecule has 180 valence electrons. The van der Waals surface area contributed by atoms with Crippen LogP contribution in [0.2, 0.25) is 0 Å². The van der Waals surface area contributed by atoms with Crippen LogP contribution in [-0.4, -0.2) is 33.9 Å². The van der Waals surface area contributed by atoms with E-state index in [1.165, 1.54) is 16.4 Å². The number of aromatic nitrogens is 2. The minimum Gasteiger partial charge on any atom is -0.392 e. The minimum absolute atomic E-state index is 0.187. The number of sulfonamides is 1. The quantitative estimate of drug-likeness (QED) is 0.556. The number of halogens is 1. The summed E-state index contributed by atoms with van der Waals surface area (Å²) in [5.74, 6) is -0.354. The van der Waals surface area contributed by atoms with Crippen LogP contribution in [0.3, 0.4) is 0 Å². The maximum Gasteiger partial charge on any atom is 0.240 e. The first-order valence-corrected chi connectivity index (χ1v) is 12.7. The highest BCUT2D eigenvalue weighted by atomic mass is 32.2. The molecular weight excluding hydrogens is 453 g/mol. The topological polar surface area (TPSA) is 75.4 Å². The summed E-state index contributed by atoms with van der Waals surface area (Å²) < 4.78 is 44.3. The van der Waals surface area contributed by atoms with Crippen LogP contribution in [0.4, 0.5) is 4.39 Å². The molecule has 0 saturated carbocycles. The fourth-order valence-electron chi connectivity index (χ4n) is 4.47. The van der Waals surface area contributed by atoms with E-state index >= 15 is 0 Å². The molecule has 1 atom stereocenters.